The summed E-state index contributed by atoms with van der Waals surface area (Å²) in [6.07, 6.45) is 2.81. The van der Waals surface area contributed by atoms with Gasteiger partial charge in [-0.15, -0.1) is 0 Å². The van der Waals surface area contributed by atoms with Crippen LogP contribution in [0.5, 0.6) is 0 Å². The van der Waals surface area contributed by atoms with E-state index < -0.39 is 0 Å². The maximum absolute atomic E-state index is 2.68. The fraction of sp³-hybridized carbons (Fsp3) is 0.429. The molecule has 2 bridgehead atoms. The maximum Gasteiger partial charge on any atom is 0.0989 e. The van der Waals surface area contributed by atoms with Crippen molar-refractivity contribution in [1.82, 2.24) is 0 Å². The first-order chi connectivity index (χ1) is 11.1. The van der Waals surface area contributed by atoms with Gasteiger partial charge in [-0.1, -0.05) is 24.3 Å². The molecule has 3 aliphatic heterocycles. The first-order valence-electron chi connectivity index (χ1n) is 8.77. The van der Waals surface area contributed by atoms with Crippen molar-refractivity contribution in [3.63, 3.8) is 0 Å². The number of hydrogen-bond acceptors (Lipinski definition) is 2. The lowest BCUT2D eigenvalue weighted by molar-refractivity contribution is 0.435. The first kappa shape index (κ1) is 14.6. The van der Waals surface area contributed by atoms with Gasteiger partial charge in [-0.3, -0.25) is 0 Å². The smallest absolute Gasteiger partial charge is 0.0989 e. The van der Waals surface area contributed by atoms with Gasteiger partial charge < -0.3 is 9.80 Å². The highest BCUT2D eigenvalue weighted by Crippen LogP contribution is 2.40. The summed E-state index contributed by atoms with van der Waals surface area (Å²) in [6, 6.07) is 14.3. The molecule has 1 unspecified atom stereocenters. The summed E-state index contributed by atoms with van der Waals surface area (Å²) in [5, 5.41) is 0. The summed E-state index contributed by atoms with van der Waals surface area (Å²) >= 11 is 0. The Hall–Kier alpha value is -1.96. The predicted octanol–water partition coefficient (Wildman–Crippen LogP) is 4.60. The molecule has 120 valence electrons. The average molecular weight is 306 g/mol. The summed E-state index contributed by atoms with van der Waals surface area (Å²) in [7, 11) is 0. The highest BCUT2D eigenvalue weighted by molar-refractivity contribution is 5.65. The lowest BCUT2D eigenvalue weighted by Crippen LogP contribution is -2.56. The fourth-order valence-electron chi connectivity index (χ4n) is 4.49. The third kappa shape index (κ3) is 2.23. The average Bonchev–Trinajstić information content (AvgIpc) is 2.77. The number of fused-ring (bicyclic) bond motifs is 2. The van der Waals surface area contributed by atoms with Gasteiger partial charge in [-0.05, 0) is 74.9 Å². The molecule has 23 heavy (non-hydrogen) atoms. The lowest BCUT2D eigenvalue weighted by atomic mass is 9.97. The number of rotatable bonds is 1. The van der Waals surface area contributed by atoms with Crippen LogP contribution in [0.4, 0.5) is 11.4 Å². The van der Waals surface area contributed by atoms with E-state index in [0.29, 0.717) is 12.2 Å². The number of benzene rings is 2. The SMILES string of the molecule is Cc1cc(C)c(C)c(N2C3CCN(c4ccccc4C3)[C@@H]2C)c1. The van der Waals surface area contributed by atoms with E-state index in [2.05, 4.69) is 73.9 Å². The molecule has 3 aliphatic rings. The molecule has 2 aromatic carbocycles. The molecule has 2 aromatic rings. The number of nitrogens with zero attached hydrogens (tertiary/aromatic N) is 2. The van der Waals surface area contributed by atoms with Crippen molar-refractivity contribution in [3.8, 4) is 0 Å². The second-order valence-electron chi connectivity index (χ2n) is 7.23. The van der Waals surface area contributed by atoms with Crippen LogP contribution >= 0.6 is 0 Å². The summed E-state index contributed by atoms with van der Waals surface area (Å²) in [4.78, 5) is 5.27. The minimum absolute atomic E-state index is 0.414. The van der Waals surface area contributed by atoms with E-state index in [4.69, 9.17) is 0 Å². The van der Waals surface area contributed by atoms with E-state index >= 15 is 0 Å². The summed E-state index contributed by atoms with van der Waals surface area (Å²) < 4.78 is 0. The summed E-state index contributed by atoms with van der Waals surface area (Å²) in [5.74, 6) is 0. The molecule has 1 saturated heterocycles. The molecule has 3 heterocycles. The van der Waals surface area contributed by atoms with Crippen LogP contribution in [0.1, 0.15) is 35.6 Å². The Morgan fingerprint density at radius 1 is 1.00 bits per heavy atom. The molecular weight excluding hydrogens is 280 g/mol. The maximum atomic E-state index is 2.68. The van der Waals surface area contributed by atoms with E-state index in [-0.39, 0.29) is 0 Å². The van der Waals surface area contributed by atoms with Crippen LogP contribution in [0.2, 0.25) is 0 Å². The lowest BCUT2D eigenvalue weighted by Gasteiger charge is -2.47. The summed E-state index contributed by atoms with van der Waals surface area (Å²) in [5.41, 5.74) is 8.57. The first-order valence-corrected chi connectivity index (χ1v) is 8.77. The molecule has 2 nitrogen and oxygen atoms in total. The Kier molecular flexibility index (Phi) is 3.37. The Morgan fingerprint density at radius 3 is 2.61 bits per heavy atom. The van der Waals surface area contributed by atoms with Gasteiger partial charge in [0.1, 0.15) is 0 Å². The van der Waals surface area contributed by atoms with Gasteiger partial charge in [0.25, 0.3) is 0 Å². The van der Waals surface area contributed by atoms with Crippen LogP contribution in [0.15, 0.2) is 36.4 Å². The van der Waals surface area contributed by atoms with Crippen LogP contribution in [-0.4, -0.2) is 18.8 Å². The monoisotopic (exact) mass is 306 g/mol. The minimum Gasteiger partial charge on any atom is -0.351 e. The molecule has 0 aromatic heterocycles. The zero-order valence-corrected chi connectivity index (χ0v) is 14.6. The zero-order chi connectivity index (χ0) is 16.1. The van der Waals surface area contributed by atoms with Crippen molar-refractivity contribution < 1.29 is 0 Å². The van der Waals surface area contributed by atoms with Crippen LogP contribution in [0.25, 0.3) is 0 Å². The van der Waals surface area contributed by atoms with Crippen LogP contribution in [0, 0.1) is 20.8 Å². The topological polar surface area (TPSA) is 6.48 Å². The van der Waals surface area contributed by atoms with Crippen molar-refractivity contribution in [2.24, 2.45) is 0 Å². The molecule has 0 amide bonds. The third-order valence-corrected chi connectivity index (χ3v) is 5.77. The number of hydrogen-bond donors (Lipinski definition) is 0. The van der Waals surface area contributed by atoms with Crippen LogP contribution < -0.4 is 9.80 Å². The fourth-order valence-corrected chi connectivity index (χ4v) is 4.49. The number of anilines is 2. The molecule has 2 atom stereocenters. The van der Waals surface area contributed by atoms with Gasteiger partial charge >= 0.3 is 0 Å². The van der Waals surface area contributed by atoms with E-state index in [1.165, 1.54) is 46.6 Å². The highest BCUT2D eigenvalue weighted by Gasteiger charge is 2.38. The van der Waals surface area contributed by atoms with Gasteiger partial charge in [-0.2, -0.15) is 0 Å². The van der Waals surface area contributed by atoms with Gasteiger partial charge in [0, 0.05) is 24.0 Å². The number of aryl methyl sites for hydroxylation is 2. The molecule has 1 fully saturated rings. The second-order valence-corrected chi connectivity index (χ2v) is 7.23. The second kappa shape index (κ2) is 5.30. The standard InChI is InChI=1S/C21H26N2/c1-14-11-15(2)16(3)21(12-14)23-17(4)22-10-9-19(23)13-18-7-5-6-8-20(18)22/h5-8,11-12,17,19H,9-10,13H2,1-4H3/t17-,19?/m0/s1. The largest absolute Gasteiger partial charge is 0.351 e. The van der Waals surface area contributed by atoms with Crippen LogP contribution in [-0.2, 0) is 6.42 Å². The van der Waals surface area contributed by atoms with Gasteiger partial charge in [-0.25, -0.2) is 0 Å². The molecule has 0 aliphatic carbocycles. The Labute approximate surface area is 139 Å². The Balaban J connectivity index is 1.84. The van der Waals surface area contributed by atoms with Crippen molar-refractivity contribution >= 4 is 11.4 Å². The number of para-hydroxylation sites is 1. The van der Waals surface area contributed by atoms with E-state index in [0.717, 1.165) is 6.42 Å². The van der Waals surface area contributed by atoms with E-state index in [1.54, 1.807) is 0 Å². The van der Waals surface area contributed by atoms with Crippen molar-refractivity contribution in [3.05, 3.63) is 58.7 Å². The van der Waals surface area contributed by atoms with Crippen molar-refractivity contribution in [2.45, 2.75) is 52.7 Å². The van der Waals surface area contributed by atoms with Crippen LogP contribution in [0.3, 0.4) is 0 Å². The van der Waals surface area contributed by atoms with E-state index in [1.807, 2.05) is 0 Å². The predicted molar refractivity (Wildman–Crippen MR) is 98.5 cm³/mol. The molecule has 0 saturated carbocycles. The van der Waals surface area contributed by atoms with E-state index in [9.17, 15) is 0 Å². The van der Waals surface area contributed by atoms with Gasteiger partial charge in [0.2, 0.25) is 0 Å². The minimum atomic E-state index is 0.414. The molecule has 5 rings (SSSR count). The normalized spacial score (nSPS) is 23.0. The van der Waals surface area contributed by atoms with Crippen molar-refractivity contribution in [1.29, 1.82) is 0 Å². The molecule has 0 radical (unpaired) electrons. The summed E-state index contributed by atoms with van der Waals surface area (Å²) in [6.45, 7) is 10.3. The Bertz CT molecular complexity index is 748. The van der Waals surface area contributed by atoms with Gasteiger partial charge in [0.05, 0.1) is 6.17 Å². The Morgan fingerprint density at radius 2 is 1.78 bits per heavy atom. The molecular formula is C21H26N2. The molecule has 0 spiro atoms. The highest BCUT2D eigenvalue weighted by atomic mass is 15.4. The van der Waals surface area contributed by atoms with Crippen molar-refractivity contribution in [2.75, 3.05) is 16.3 Å². The zero-order valence-electron chi connectivity index (χ0n) is 14.6. The van der Waals surface area contributed by atoms with Gasteiger partial charge in [0.15, 0.2) is 0 Å². The third-order valence-electron chi connectivity index (χ3n) is 5.77. The molecule has 0 N–H and O–H groups in total. The quantitative estimate of drug-likeness (QED) is 0.760. The molecule has 2 heteroatoms.